The molecule has 3 rings (SSSR count). The van der Waals surface area contributed by atoms with Crippen LogP contribution in [0.5, 0.6) is 0 Å². The van der Waals surface area contributed by atoms with Gasteiger partial charge in [-0.05, 0) is 39.7 Å². The lowest BCUT2D eigenvalue weighted by molar-refractivity contribution is -0.111. The van der Waals surface area contributed by atoms with Gasteiger partial charge in [-0.3, -0.25) is 4.79 Å². The van der Waals surface area contributed by atoms with Crippen LogP contribution < -0.4 is 5.32 Å². The van der Waals surface area contributed by atoms with Crippen LogP contribution in [-0.4, -0.2) is 22.0 Å². The van der Waals surface area contributed by atoms with E-state index in [1.54, 1.807) is 12.1 Å². The first-order chi connectivity index (χ1) is 12.6. The van der Waals surface area contributed by atoms with E-state index in [0.717, 1.165) is 5.56 Å². The highest BCUT2D eigenvalue weighted by Crippen LogP contribution is 2.34. The second-order valence-electron chi connectivity index (χ2n) is 5.46. The molecular formula is C20H15BrN2O3. The van der Waals surface area contributed by atoms with Crippen molar-refractivity contribution in [3.05, 3.63) is 82.5 Å². The molecule has 1 heterocycles. The Labute approximate surface area is 158 Å². The van der Waals surface area contributed by atoms with Gasteiger partial charge in [0.15, 0.2) is 0 Å². The van der Waals surface area contributed by atoms with Gasteiger partial charge in [0.2, 0.25) is 5.91 Å². The number of amides is 1. The number of H-pyrrole nitrogens is 1. The highest BCUT2D eigenvalue weighted by molar-refractivity contribution is 9.10. The molecule has 3 N–H and O–H groups in total. The normalized spacial score (nSPS) is 10.8. The molecule has 0 saturated heterocycles. The van der Waals surface area contributed by atoms with Crippen LogP contribution >= 0.6 is 15.9 Å². The maximum absolute atomic E-state index is 12.1. The van der Waals surface area contributed by atoms with Gasteiger partial charge in [0, 0.05) is 17.3 Å². The molecule has 0 aliphatic rings. The average molecular weight is 411 g/mol. The number of benzene rings is 2. The van der Waals surface area contributed by atoms with Crippen LogP contribution in [0.4, 0.5) is 5.69 Å². The van der Waals surface area contributed by atoms with E-state index in [1.807, 2.05) is 48.5 Å². The predicted molar refractivity (Wildman–Crippen MR) is 105 cm³/mol. The molecule has 0 aliphatic carbocycles. The Morgan fingerprint density at radius 1 is 1.00 bits per heavy atom. The maximum Gasteiger partial charge on any atom is 0.352 e. The molecule has 0 fully saturated rings. The van der Waals surface area contributed by atoms with Crippen molar-refractivity contribution in [2.45, 2.75) is 0 Å². The minimum atomic E-state index is -1.10. The highest BCUT2D eigenvalue weighted by atomic mass is 79.9. The summed E-state index contributed by atoms with van der Waals surface area (Å²) in [6.07, 6.45) is 2.79. The SMILES string of the molecule is O=C(/C=C/c1c(C(=O)O)[nH]c(-c2ccccc2)c1Br)Nc1ccccc1. The van der Waals surface area contributed by atoms with Crippen LogP contribution in [0, 0.1) is 0 Å². The fourth-order valence-electron chi connectivity index (χ4n) is 2.48. The van der Waals surface area contributed by atoms with E-state index in [-0.39, 0.29) is 11.6 Å². The van der Waals surface area contributed by atoms with Gasteiger partial charge in [-0.2, -0.15) is 0 Å². The number of carboxylic acids is 1. The summed E-state index contributed by atoms with van der Waals surface area (Å²) < 4.78 is 0.588. The summed E-state index contributed by atoms with van der Waals surface area (Å²) in [5.41, 5.74) is 2.57. The van der Waals surface area contributed by atoms with Crippen molar-refractivity contribution < 1.29 is 14.7 Å². The van der Waals surface area contributed by atoms with Crippen LogP contribution in [0.3, 0.4) is 0 Å². The fraction of sp³-hybridized carbons (Fsp3) is 0. The summed E-state index contributed by atoms with van der Waals surface area (Å²) in [7, 11) is 0. The second kappa shape index (κ2) is 7.84. The molecule has 0 saturated carbocycles. The Kier molecular flexibility index (Phi) is 5.34. The Morgan fingerprint density at radius 3 is 2.23 bits per heavy atom. The number of anilines is 1. The number of aromatic nitrogens is 1. The minimum absolute atomic E-state index is 0.0134. The Hall–Kier alpha value is -3.12. The van der Waals surface area contributed by atoms with Gasteiger partial charge in [-0.25, -0.2) is 4.79 Å². The zero-order valence-corrected chi connectivity index (χ0v) is 15.2. The van der Waals surface area contributed by atoms with Gasteiger partial charge < -0.3 is 15.4 Å². The van der Waals surface area contributed by atoms with Gasteiger partial charge in [0.25, 0.3) is 0 Å². The van der Waals surface area contributed by atoms with Crippen LogP contribution in [0.25, 0.3) is 17.3 Å². The minimum Gasteiger partial charge on any atom is -0.477 e. The van der Waals surface area contributed by atoms with Crippen LogP contribution in [-0.2, 0) is 4.79 Å². The summed E-state index contributed by atoms with van der Waals surface area (Å²) >= 11 is 3.45. The topological polar surface area (TPSA) is 82.2 Å². The number of hydrogen-bond acceptors (Lipinski definition) is 2. The number of halogens is 1. The molecule has 26 heavy (non-hydrogen) atoms. The lowest BCUT2D eigenvalue weighted by Gasteiger charge is -2.01. The quantitative estimate of drug-likeness (QED) is 0.528. The first-order valence-electron chi connectivity index (χ1n) is 7.80. The van der Waals surface area contributed by atoms with Crippen molar-refractivity contribution in [3.63, 3.8) is 0 Å². The molecule has 3 aromatic rings. The molecule has 2 aromatic carbocycles. The van der Waals surface area contributed by atoms with E-state index in [2.05, 4.69) is 26.2 Å². The largest absolute Gasteiger partial charge is 0.477 e. The smallest absolute Gasteiger partial charge is 0.352 e. The van der Waals surface area contributed by atoms with Gasteiger partial charge in [-0.15, -0.1) is 0 Å². The molecule has 0 bridgehead atoms. The summed E-state index contributed by atoms with van der Waals surface area (Å²) in [4.78, 5) is 26.6. The number of carboxylic acid groups (broad SMARTS) is 1. The maximum atomic E-state index is 12.1. The van der Waals surface area contributed by atoms with Gasteiger partial charge >= 0.3 is 5.97 Å². The number of para-hydroxylation sites is 1. The molecule has 0 aliphatic heterocycles. The van der Waals surface area contributed by atoms with Crippen molar-refractivity contribution in [2.75, 3.05) is 5.32 Å². The van der Waals surface area contributed by atoms with Crippen molar-refractivity contribution in [2.24, 2.45) is 0 Å². The molecule has 0 spiro atoms. The van der Waals surface area contributed by atoms with Gasteiger partial charge in [0.1, 0.15) is 5.69 Å². The number of nitrogens with one attached hydrogen (secondary N) is 2. The predicted octanol–water partition coefficient (Wildman–Crippen LogP) is 4.79. The number of rotatable bonds is 5. The third kappa shape index (κ3) is 3.92. The van der Waals surface area contributed by atoms with Gasteiger partial charge in [-0.1, -0.05) is 48.5 Å². The average Bonchev–Trinajstić information content (AvgIpc) is 2.98. The fourth-order valence-corrected chi connectivity index (χ4v) is 3.14. The summed E-state index contributed by atoms with van der Waals surface area (Å²) in [6.45, 7) is 0. The Morgan fingerprint density at radius 2 is 1.62 bits per heavy atom. The van der Waals surface area contributed by atoms with Crippen LogP contribution in [0.1, 0.15) is 16.1 Å². The number of carbonyl (C=O) groups excluding carboxylic acids is 1. The van der Waals surface area contributed by atoms with E-state index in [9.17, 15) is 14.7 Å². The van der Waals surface area contributed by atoms with Crippen LogP contribution in [0.2, 0.25) is 0 Å². The zero-order valence-electron chi connectivity index (χ0n) is 13.6. The summed E-state index contributed by atoms with van der Waals surface area (Å²) in [5, 5.41) is 12.2. The lowest BCUT2D eigenvalue weighted by atomic mass is 10.1. The highest BCUT2D eigenvalue weighted by Gasteiger charge is 2.19. The summed E-state index contributed by atoms with van der Waals surface area (Å²) in [5.74, 6) is -1.45. The molecule has 0 unspecified atom stereocenters. The van der Waals surface area contributed by atoms with E-state index in [1.165, 1.54) is 12.2 Å². The lowest BCUT2D eigenvalue weighted by Crippen LogP contribution is -2.07. The Bertz CT molecular complexity index is 963. The van der Waals surface area contributed by atoms with E-state index >= 15 is 0 Å². The number of aromatic amines is 1. The van der Waals surface area contributed by atoms with Crippen LogP contribution in [0.15, 0.2) is 71.2 Å². The third-order valence-corrected chi connectivity index (χ3v) is 4.52. The standard InChI is InChI=1S/C20H15BrN2O3/c21-17-15(11-12-16(24)22-14-9-5-2-6-10-14)19(20(25)26)23-18(17)13-7-3-1-4-8-13/h1-12,23H,(H,22,24)(H,25,26)/b12-11+. The van der Waals surface area contributed by atoms with Crippen molar-refractivity contribution in [3.8, 4) is 11.3 Å². The third-order valence-electron chi connectivity index (χ3n) is 3.69. The zero-order chi connectivity index (χ0) is 18.5. The number of carbonyl (C=O) groups is 2. The molecular weight excluding hydrogens is 396 g/mol. The second-order valence-corrected chi connectivity index (χ2v) is 6.26. The van der Waals surface area contributed by atoms with Crippen molar-refractivity contribution >= 4 is 39.6 Å². The van der Waals surface area contributed by atoms with E-state index in [4.69, 9.17) is 0 Å². The van der Waals surface area contributed by atoms with Gasteiger partial charge in [0.05, 0.1) is 10.2 Å². The molecule has 1 amide bonds. The molecule has 0 atom stereocenters. The molecule has 6 heteroatoms. The monoisotopic (exact) mass is 410 g/mol. The molecule has 0 radical (unpaired) electrons. The van der Waals surface area contributed by atoms with E-state index in [0.29, 0.717) is 21.4 Å². The summed E-state index contributed by atoms with van der Waals surface area (Å²) in [6, 6.07) is 18.4. The molecule has 1 aromatic heterocycles. The first-order valence-corrected chi connectivity index (χ1v) is 8.60. The van der Waals surface area contributed by atoms with Crippen molar-refractivity contribution in [1.82, 2.24) is 4.98 Å². The van der Waals surface area contributed by atoms with E-state index < -0.39 is 5.97 Å². The number of aromatic carboxylic acids is 1. The molecule has 5 nitrogen and oxygen atoms in total. The first kappa shape index (κ1) is 17.7. The molecule has 130 valence electrons. The Balaban J connectivity index is 1.90. The van der Waals surface area contributed by atoms with Crippen molar-refractivity contribution in [1.29, 1.82) is 0 Å². The number of hydrogen-bond donors (Lipinski definition) is 3.